The summed E-state index contributed by atoms with van der Waals surface area (Å²) in [5.41, 5.74) is 0. The van der Waals surface area contributed by atoms with E-state index in [9.17, 15) is 20.1 Å². The Bertz CT molecular complexity index is 303. The van der Waals surface area contributed by atoms with Gasteiger partial charge in [-0.05, 0) is 12.3 Å². The molecule has 0 aliphatic carbocycles. The molecular formula is C12H20O6. The van der Waals surface area contributed by atoms with E-state index in [4.69, 9.17) is 9.47 Å². The molecule has 0 aromatic heterocycles. The Labute approximate surface area is 106 Å². The zero-order valence-corrected chi connectivity index (χ0v) is 10.5. The number of esters is 1. The largest absolute Gasteiger partial charge is 0.451 e. The van der Waals surface area contributed by atoms with Gasteiger partial charge in [0.15, 0.2) is 12.4 Å². The Balaban J connectivity index is 2.70. The standard InChI is InChI=1S/C12H20O6/c1-4-8(13)18-11-10(15)9(14)7(5-6(2)3)17-12(11)16/h4,6-7,9-12,14-16H,1,5H2,2-3H3. The van der Waals surface area contributed by atoms with Gasteiger partial charge in [-0.1, -0.05) is 20.4 Å². The van der Waals surface area contributed by atoms with Crippen molar-refractivity contribution in [2.24, 2.45) is 5.92 Å². The van der Waals surface area contributed by atoms with Gasteiger partial charge in [-0.3, -0.25) is 0 Å². The molecule has 5 unspecified atom stereocenters. The molecule has 1 fully saturated rings. The van der Waals surface area contributed by atoms with Gasteiger partial charge in [-0.2, -0.15) is 0 Å². The summed E-state index contributed by atoms with van der Waals surface area (Å²) in [6.07, 6.45) is -4.66. The van der Waals surface area contributed by atoms with Crippen LogP contribution in [0.25, 0.3) is 0 Å². The fourth-order valence-corrected chi connectivity index (χ4v) is 1.89. The van der Waals surface area contributed by atoms with Crippen molar-refractivity contribution in [2.75, 3.05) is 0 Å². The van der Waals surface area contributed by atoms with Gasteiger partial charge >= 0.3 is 5.97 Å². The summed E-state index contributed by atoms with van der Waals surface area (Å²) < 4.78 is 9.92. The topological polar surface area (TPSA) is 96.2 Å². The van der Waals surface area contributed by atoms with Crippen molar-refractivity contribution in [2.45, 2.75) is 51.0 Å². The summed E-state index contributed by atoms with van der Waals surface area (Å²) in [7, 11) is 0. The molecule has 1 aliphatic heterocycles. The lowest BCUT2D eigenvalue weighted by atomic mass is 9.93. The van der Waals surface area contributed by atoms with Crippen molar-refractivity contribution in [3.63, 3.8) is 0 Å². The number of aliphatic hydroxyl groups excluding tert-OH is 3. The number of hydrogen-bond acceptors (Lipinski definition) is 6. The highest BCUT2D eigenvalue weighted by atomic mass is 16.7. The van der Waals surface area contributed by atoms with E-state index in [-0.39, 0.29) is 5.92 Å². The molecule has 1 heterocycles. The normalized spacial score (nSPS) is 36.4. The molecule has 3 N–H and O–H groups in total. The highest BCUT2D eigenvalue weighted by Crippen LogP contribution is 2.26. The summed E-state index contributed by atoms with van der Waals surface area (Å²) >= 11 is 0. The highest BCUT2D eigenvalue weighted by Gasteiger charge is 2.45. The maximum atomic E-state index is 11.0. The maximum absolute atomic E-state index is 11.0. The Morgan fingerprint density at radius 1 is 1.39 bits per heavy atom. The van der Waals surface area contributed by atoms with Crippen molar-refractivity contribution < 1.29 is 29.6 Å². The van der Waals surface area contributed by atoms with Gasteiger partial charge < -0.3 is 24.8 Å². The van der Waals surface area contributed by atoms with Crippen molar-refractivity contribution >= 4 is 5.97 Å². The molecule has 0 spiro atoms. The summed E-state index contributed by atoms with van der Waals surface area (Å²) in [5, 5.41) is 29.4. The summed E-state index contributed by atoms with van der Waals surface area (Å²) in [6, 6.07) is 0. The number of rotatable bonds is 4. The van der Waals surface area contributed by atoms with E-state index in [2.05, 4.69) is 6.58 Å². The van der Waals surface area contributed by atoms with E-state index in [0.29, 0.717) is 6.42 Å². The lowest BCUT2D eigenvalue weighted by Gasteiger charge is -2.40. The van der Waals surface area contributed by atoms with Crippen LogP contribution in [-0.2, 0) is 14.3 Å². The van der Waals surface area contributed by atoms with Crippen molar-refractivity contribution in [1.29, 1.82) is 0 Å². The Morgan fingerprint density at radius 3 is 2.50 bits per heavy atom. The van der Waals surface area contributed by atoms with Crippen LogP contribution in [0.5, 0.6) is 0 Å². The first-order valence-electron chi connectivity index (χ1n) is 5.89. The summed E-state index contributed by atoms with van der Waals surface area (Å²) in [5.74, 6) is -0.562. The van der Waals surface area contributed by atoms with Crippen molar-refractivity contribution in [3.8, 4) is 0 Å². The van der Waals surface area contributed by atoms with Crippen LogP contribution in [0.2, 0.25) is 0 Å². The molecule has 1 rings (SSSR count). The van der Waals surface area contributed by atoms with Gasteiger partial charge in [0.1, 0.15) is 12.2 Å². The van der Waals surface area contributed by atoms with Gasteiger partial charge in [0, 0.05) is 6.08 Å². The second-order valence-electron chi connectivity index (χ2n) is 4.78. The van der Waals surface area contributed by atoms with Gasteiger partial charge in [0.25, 0.3) is 0 Å². The van der Waals surface area contributed by atoms with Gasteiger partial charge in [0.2, 0.25) is 0 Å². The quantitative estimate of drug-likeness (QED) is 0.469. The van der Waals surface area contributed by atoms with Crippen LogP contribution in [0.3, 0.4) is 0 Å². The Hall–Kier alpha value is -0.950. The number of carbonyl (C=O) groups is 1. The zero-order valence-electron chi connectivity index (χ0n) is 10.5. The van der Waals surface area contributed by atoms with Crippen LogP contribution in [0.15, 0.2) is 12.7 Å². The van der Waals surface area contributed by atoms with E-state index in [0.717, 1.165) is 6.08 Å². The molecule has 0 amide bonds. The minimum Gasteiger partial charge on any atom is -0.451 e. The van der Waals surface area contributed by atoms with Crippen molar-refractivity contribution in [1.82, 2.24) is 0 Å². The molecule has 0 aromatic carbocycles. The van der Waals surface area contributed by atoms with Gasteiger partial charge in [0.05, 0.1) is 6.10 Å². The number of hydrogen-bond donors (Lipinski definition) is 3. The van der Waals surface area contributed by atoms with Crippen LogP contribution >= 0.6 is 0 Å². The molecule has 6 nitrogen and oxygen atoms in total. The van der Waals surface area contributed by atoms with E-state index >= 15 is 0 Å². The predicted octanol–water partition coefficient (Wildman–Crippen LogP) is -0.431. The van der Waals surface area contributed by atoms with E-state index in [1.54, 1.807) is 0 Å². The molecule has 5 atom stereocenters. The minimum absolute atomic E-state index is 0.233. The molecule has 0 radical (unpaired) electrons. The SMILES string of the molecule is C=CC(=O)OC1C(O)OC(CC(C)C)C(O)C1O. The lowest BCUT2D eigenvalue weighted by molar-refractivity contribution is -0.287. The third kappa shape index (κ3) is 3.52. The predicted molar refractivity (Wildman–Crippen MR) is 62.4 cm³/mol. The molecule has 0 saturated carbocycles. The van der Waals surface area contributed by atoms with E-state index in [1.807, 2.05) is 13.8 Å². The second kappa shape index (κ2) is 6.29. The second-order valence-corrected chi connectivity index (χ2v) is 4.78. The molecule has 1 saturated heterocycles. The van der Waals surface area contributed by atoms with Gasteiger partial charge in [-0.25, -0.2) is 4.79 Å². The average molecular weight is 260 g/mol. The summed E-state index contributed by atoms with van der Waals surface area (Å²) in [4.78, 5) is 11.0. The highest BCUT2D eigenvalue weighted by molar-refractivity contribution is 5.81. The number of aliphatic hydroxyl groups is 3. The molecule has 6 heteroatoms. The molecule has 0 aromatic rings. The smallest absolute Gasteiger partial charge is 0.330 e. The van der Waals surface area contributed by atoms with E-state index in [1.165, 1.54) is 0 Å². The van der Waals surface area contributed by atoms with Crippen LogP contribution in [0.1, 0.15) is 20.3 Å². The average Bonchev–Trinajstić information content (AvgIpc) is 2.30. The Morgan fingerprint density at radius 2 is 2.00 bits per heavy atom. The minimum atomic E-state index is -1.46. The van der Waals surface area contributed by atoms with Crippen LogP contribution in [0, 0.1) is 5.92 Å². The molecular weight excluding hydrogens is 240 g/mol. The fourth-order valence-electron chi connectivity index (χ4n) is 1.89. The first-order valence-corrected chi connectivity index (χ1v) is 5.89. The third-order valence-corrected chi connectivity index (χ3v) is 2.79. The van der Waals surface area contributed by atoms with Crippen molar-refractivity contribution in [3.05, 3.63) is 12.7 Å². The Kier molecular flexibility index (Phi) is 5.28. The first-order chi connectivity index (χ1) is 8.36. The molecule has 18 heavy (non-hydrogen) atoms. The van der Waals surface area contributed by atoms with Crippen LogP contribution in [-0.4, -0.2) is 52.0 Å². The fraction of sp³-hybridized carbons (Fsp3) is 0.750. The summed E-state index contributed by atoms with van der Waals surface area (Å²) in [6.45, 7) is 7.07. The van der Waals surface area contributed by atoms with Gasteiger partial charge in [-0.15, -0.1) is 0 Å². The number of ether oxygens (including phenoxy) is 2. The number of carbonyl (C=O) groups excluding carboxylic acids is 1. The maximum Gasteiger partial charge on any atom is 0.330 e. The molecule has 104 valence electrons. The first kappa shape index (κ1) is 15.1. The van der Waals surface area contributed by atoms with E-state index < -0.39 is 36.7 Å². The third-order valence-electron chi connectivity index (χ3n) is 2.79. The lowest BCUT2D eigenvalue weighted by Crippen LogP contribution is -2.58. The molecule has 1 aliphatic rings. The molecule has 0 bridgehead atoms. The monoisotopic (exact) mass is 260 g/mol. The zero-order chi connectivity index (χ0) is 13.9. The van der Waals surface area contributed by atoms with Crippen LogP contribution in [0.4, 0.5) is 0 Å². The van der Waals surface area contributed by atoms with Crippen LogP contribution < -0.4 is 0 Å².